The van der Waals surface area contributed by atoms with E-state index in [4.69, 9.17) is 4.74 Å². The van der Waals surface area contributed by atoms with E-state index in [1.54, 1.807) is 24.1 Å². The Hall–Kier alpha value is -2.87. The summed E-state index contributed by atoms with van der Waals surface area (Å²) in [6, 6.07) is 12.7. The number of hydrogen-bond acceptors (Lipinski definition) is 5. The highest BCUT2D eigenvalue weighted by Gasteiger charge is 2.35. The largest absolute Gasteiger partial charge is 0.494 e. The molecule has 8 heteroatoms. The summed E-state index contributed by atoms with van der Waals surface area (Å²) in [7, 11) is 1.55. The monoisotopic (exact) mass is 401 g/mol. The Bertz CT molecular complexity index is 902. The van der Waals surface area contributed by atoms with Gasteiger partial charge in [0.2, 0.25) is 11.8 Å². The van der Waals surface area contributed by atoms with Crippen LogP contribution in [0.2, 0.25) is 0 Å². The number of methoxy groups -OCH3 is 1. The second kappa shape index (κ2) is 8.88. The first-order chi connectivity index (χ1) is 13.5. The van der Waals surface area contributed by atoms with E-state index in [0.717, 1.165) is 0 Å². The van der Waals surface area contributed by atoms with Gasteiger partial charge < -0.3 is 10.1 Å². The van der Waals surface area contributed by atoms with E-state index < -0.39 is 5.25 Å². The molecule has 146 valence electrons. The molecule has 1 N–H and O–H groups in total. The maximum Gasteiger partial charge on any atom is 0.238 e. The average Bonchev–Trinajstić information content (AvgIpc) is 2.70. The summed E-state index contributed by atoms with van der Waals surface area (Å²) in [5.41, 5.74) is 1.05. The van der Waals surface area contributed by atoms with E-state index >= 15 is 0 Å². The molecule has 0 aromatic heterocycles. The van der Waals surface area contributed by atoms with Crippen molar-refractivity contribution in [2.45, 2.75) is 18.6 Å². The second-order valence-corrected chi connectivity index (χ2v) is 7.18. The lowest BCUT2D eigenvalue weighted by Gasteiger charge is -2.31. The number of nitrogens with zero attached hydrogens (tertiary/aromatic N) is 2. The van der Waals surface area contributed by atoms with Gasteiger partial charge in [0.05, 0.1) is 7.11 Å². The summed E-state index contributed by atoms with van der Waals surface area (Å²) < 4.78 is 18.4. The Morgan fingerprint density at radius 3 is 2.68 bits per heavy atom. The highest BCUT2D eigenvalue weighted by molar-refractivity contribution is 8.15. The Balaban J connectivity index is 1.83. The Kier molecular flexibility index (Phi) is 6.30. The zero-order valence-corrected chi connectivity index (χ0v) is 16.3. The Morgan fingerprint density at radius 2 is 2.00 bits per heavy atom. The van der Waals surface area contributed by atoms with Crippen LogP contribution in [0.25, 0.3) is 0 Å². The molecule has 2 amide bonds. The minimum atomic E-state index is -0.631. The molecule has 0 saturated carbocycles. The molecule has 2 aromatic rings. The minimum absolute atomic E-state index is 0.0660. The van der Waals surface area contributed by atoms with Gasteiger partial charge in [0.25, 0.3) is 0 Å². The standard InChI is InChI=1S/C20H20FN3O3S/c1-3-24-18(25)12-17(19(26)22-14-10-8-13(21)9-11-14)28-20(24)23-15-6-4-5-7-16(15)27-2/h4-11,17H,3,12H2,1-2H3,(H,22,26). The maximum absolute atomic E-state index is 13.0. The fraction of sp³-hybridized carbons (Fsp3) is 0.250. The smallest absolute Gasteiger partial charge is 0.238 e. The van der Waals surface area contributed by atoms with Gasteiger partial charge >= 0.3 is 0 Å². The number of halogens is 1. The van der Waals surface area contributed by atoms with E-state index in [0.29, 0.717) is 28.8 Å². The number of ether oxygens (including phenoxy) is 1. The van der Waals surface area contributed by atoms with Crippen molar-refractivity contribution in [3.8, 4) is 5.75 Å². The minimum Gasteiger partial charge on any atom is -0.494 e. The summed E-state index contributed by atoms with van der Waals surface area (Å²) in [5.74, 6) is -0.301. The lowest BCUT2D eigenvalue weighted by molar-refractivity contribution is -0.129. The third kappa shape index (κ3) is 4.51. The van der Waals surface area contributed by atoms with Crippen LogP contribution >= 0.6 is 11.8 Å². The molecule has 0 spiro atoms. The van der Waals surface area contributed by atoms with E-state index in [2.05, 4.69) is 10.3 Å². The number of para-hydroxylation sites is 2. The quantitative estimate of drug-likeness (QED) is 0.827. The molecule has 3 rings (SSSR count). The summed E-state index contributed by atoms with van der Waals surface area (Å²) in [6.07, 6.45) is 0.0660. The molecule has 0 radical (unpaired) electrons. The number of aliphatic imine (C=N–C) groups is 1. The number of rotatable bonds is 5. The summed E-state index contributed by atoms with van der Waals surface area (Å²) >= 11 is 1.23. The van der Waals surface area contributed by atoms with Gasteiger partial charge in [0, 0.05) is 18.7 Å². The summed E-state index contributed by atoms with van der Waals surface area (Å²) in [5, 5.41) is 2.54. The third-order valence-electron chi connectivity index (χ3n) is 4.16. The number of anilines is 1. The zero-order valence-electron chi connectivity index (χ0n) is 15.5. The van der Waals surface area contributed by atoms with Gasteiger partial charge in [-0.05, 0) is 43.3 Å². The fourth-order valence-electron chi connectivity index (χ4n) is 2.73. The molecule has 1 fully saturated rings. The molecular formula is C20H20FN3O3S. The number of hydrogen-bond donors (Lipinski definition) is 1. The predicted molar refractivity (Wildman–Crippen MR) is 109 cm³/mol. The van der Waals surface area contributed by atoms with Crippen LogP contribution in [0.1, 0.15) is 13.3 Å². The van der Waals surface area contributed by atoms with Crippen molar-refractivity contribution in [3.05, 3.63) is 54.3 Å². The zero-order chi connectivity index (χ0) is 20.1. The molecule has 1 heterocycles. The van der Waals surface area contributed by atoms with E-state index in [1.807, 2.05) is 19.1 Å². The lowest BCUT2D eigenvalue weighted by atomic mass is 10.2. The molecule has 0 aliphatic carbocycles. The van der Waals surface area contributed by atoms with Gasteiger partial charge in [0.15, 0.2) is 5.17 Å². The Labute approximate surface area is 166 Å². The number of thioether (sulfide) groups is 1. The van der Waals surface area contributed by atoms with Crippen LogP contribution < -0.4 is 10.1 Å². The van der Waals surface area contributed by atoms with Crippen LogP contribution in [-0.2, 0) is 9.59 Å². The first-order valence-corrected chi connectivity index (χ1v) is 9.65. The molecular weight excluding hydrogens is 381 g/mol. The lowest BCUT2D eigenvalue weighted by Crippen LogP contribution is -2.45. The summed E-state index contributed by atoms with van der Waals surface area (Å²) in [4.78, 5) is 31.3. The highest BCUT2D eigenvalue weighted by atomic mass is 32.2. The molecule has 28 heavy (non-hydrogen) atoms. The Morgan fingerprint density at radius 1 is 1.29 bits per heavy atom. The molecule has 2 aromatic carbocycles. The maximum atomic E-state index is 13.0. The van der Waals surface area contributed by atoms with E-state index in [1.165, 1.54) is 36.0 Å². The predicted octanol–water partition coefficient (Wildman–Crippen LogP) is 3.81. The number of amides is 2. The van der Waals surface area contributed by atoms with Crippen LogP contribution in [0.5, 0.6) is 5.75 Å². The number of amidine groups is 1. The van der Waals surface area contributed by atoms with Gasteiger partial charge in [-0.15, -0.1) is 0 Å². The molecule has 1 aliphatic heterocycles. The van der Waals surface area contributed by atoms with E-state index in [9.17, 15) is 14.0 Å². The normalized spacial score (nSPS) is 18.2. The van der Waals surface area contributed by atoms with Crippen LogP contribution in [0.4, 0.5) is 15.8 Å². The van der Waals surface area contributed by atoms with Crippen LogP contribution in [0, 0.1) is 5.82 Å². The average molecular weight is 401 g/mol. The van der Waals surface area contributed by atoms with Crippen LogP contribution in [0.3, 0.4) is 0 Å². The SMILES string of the molecule is CCN1C(=O)CC(C(=O)Nc2ccc(F)cc2)SC1=Nc1ccccc1OC. The van der Waals surface area contributed by atoms with Crippen LogP contribution in [-0.4, -0.2) is 40.8 Å². The van der Waals surface area contributed by atoms with Gasteiger partial charge in [-0.1, -0.05) is 23.9 Å². The fourth-order valence-corrected chi connectivity index (χ4v) is 3.89. The van der Waals surface area contributed by atoms with Crippen molar-refractivity contribution in [1.82, 2.24) is 4.90 Å². The van der Waals surface area contributed by atoms with Crippen molar-refractivity contribution in [2.75, 3.05) is 19.0 Å². The van der Waals surface area contributed by atoms with Gasteiger partial charge in [0.1, 0.15) is 22.5 Å². The second-order valence-electron chi connectivity index (χ2n) is 6.01. The van der Waals surface area contributed by atoms with Crippen molar-refractivity contribution in [3.63, 3.8) is 0 Å². The molecule has 0 bridgehead atoms. The van der Waals surface area contributed by atoms with Crippen molar-refractivity contribution in [1.29, 1.82) is 0 Å². The summed E-state index contributed by atoms with van der Waals surface area (Å²) in [6.45, 7) is 2.31. The molecule has 6 nitrogen and oxygen atoms in total. The van der Waals surface area contributed by atoms with Crippen molar-refractivity contribution < 1.29 is 18.7 Å². The number of benzene rings is 2. The number of nitrogens with one attached hydrogen (secondary N) is 1. The van der Waals surface area contributed by atoms with Crippen molar-refractivity contribution in [2.24, 2.45) is 4.99 Å². The van der Waals surface area contributed by atoms with E-state index in [-0.39, 0.29) is 24.1 Å². The van der Waals surface area contributed by atoms with Crippen LogP contribution in [0.15, 0.2) is 53.5 Å². The number of carbonyl (C=O) groups excluding carboxylic acids is 2. The third-order valence-corrected chi connectivity index (χ3v) is 5.35. The molecule has 1 unspecified atom stereocenters. The van der Waals surface area contributed by atoms with Gasteiger partial charge in [-0.25, -0.2) is 9.38 Å². The highest BCUT2D eigenvalue weighted by Crippen LogP contribution is 2.33. The molecule has 1 atom stereocenters. The van der Waals surface area contributed by atoms with Crippen molar-refractivity contribution >= 4 is 40.1 Å². The molecule has 1 saturated heterocycles. The first kappa shape index (κ1) is 19.9. The first-order valence-electron chi connectivity index (χ1n) is 8.77. The topological polar surface area (TPSA) is 71.0 Å². The van der Waals surface area contributed by atoms with Gasteiger partial charge in [-0.3, -0.25) is 14.5 Å². The number of carbonyl (C=O) groups is 2. The van der Waals surface area contributed by atoms with Gasteiger partial charge in [-0.2, -0.15) is 0 Å². The molecule has 1 aliphatic rings.